The zero-order chi connectivity index (χ0) is 18.1. The van der Waals surface area contributed by atoms with Crippen LogP contribution in [0.25, 0.3) is 11.0 Å². The molecule has 1 atom stereocenters. The van der Waals surface area contributed by atoms with Gasteiger partial charge in [0.25, 0.3) is 0 Å². The van der Waals surface area contributed by atoms with Gasteiger partial charge in [-0.25, -0.2) is 4.98 Å². The lowest BCUT2D eigenvalue weighted by atomic mass is 9.97. The molecule has 3 heterocycles. The predicted molar refractivity (Wildman–Crippen MR) is 102 cm³/mol. The molecule has 1 aliphatic rings. The van der Waals surface area contributed by atoms with Gasteiger partial charge >= 0.3 is 0 Å². The fraction of sp³-hybridized carbons (Fsp3) is 0.474. The number of anilines is 1. The number of rotatable bonds is 4. The molecule has 0 radical (unpaired) electrons. The maximum Gasteiger partial charge on any atom is 0.147 e. The van der Waals surface area contributed by atoms with Crippen LogP contribution < -0.4 is 4.90 Å². The van der Waals surface area contributed by atoms with Crippen LogP contribution in [-0.2, 0) is 13.6 Å². The Morgan fingerprint density at radius 1 is 1.15 bits per heavy atom. The first-order valence-electron chi connectivity index (χ1n) is 9.11. The molecule has 1 aliphatic heterocycles. The van der Waals surface area contributed by atoms with E-state index >= 15 is 0 Å². The minimum absolute atomic E-state index is 0.366. The Hall–Kier alpha value is -2.54. The van der Waals surface area contributed by atoms with Gasteiger partial charge in [-0.1, -0.05) is 12.1 Å². The van der Waals surface area contributed by atoms with Crippen molar-refractivity contribution in [2.75, 3.05) is 32.1 Å². The second kappa shape index (κ2) is 6.99. The fourth-order valence-electron chi connectivity index (χ4n) is 3.65. The second-order valence-electron chi connectivity index (χ2n) is 7.27. The quantitative estimate of drug-likeness (QED) is 0.718. The maximum atomic E-state index is 4.81. The number of hydrogen-bond acceptors (Lipinski definition) is 6. The van der Waals surface area contributed by atoms with E-state index in [0.717, 1.165) is 61.0 Å². The molecule has 26 heavy (non-hydrogen) atoms. The molecular weight excluding hydrogens is 326 g/mol. The summed E-state index contributed by atoms with van der Waals surface area (Å²) < 4.78 is 2.15. The number of piperidine rings is 1. The van der Waals surface area contributed by atoms with Crippen LogP contribution in [0.5, 0.6) is 0 Å². The molecule has 0 spiro atoms. The van der Waals surface area contributed by atoms with E-state index < -0.39 is 0 Å². The fourth-order valence-corrected chi connectivity index (χ4v) is 3.65. The van der Waals surface area contributed by atoms with E-state index in [2.05, 4.69) is 50.7 Å². The minimum atomic E-state index is 0.366. The molecule has 1 saturated heterocycles. The van der Waals surface area contributed by atoms with Gasteiger partial charge in [0, 0.05) is 26.1 Å². The Balaban J connectivity index is 1.56. The third kappa shape index (κ3) is 3.26. The number of nitrogens with zero attached hydrogens (tertiary/aromatic N) is 7. The molecule has 3 aromatic rings. The highest BCUT2D eigenvalue weighted by Crippen LogP contribution is 2.28. The molecule has 0 unspecified atom stereocenters. The number of aromatic nitrogens is 5. The summed E-state index contributed by atoms with van der Waals surface area (Å²) in [5.41, 5.74) is 1.88. The standard InChI is InChI=1S/C19H25N7/c1-24(2)13-18-22-23-19(25(18)3)14-7-6-10-26(12-14)17-11-20-15-8-4-5-9-16(15)21-17/h4-5,8-9,11,14H,6-7,10,12-13H2,1-3H3/t14-/m1/s1. The van der Waals surface area contributed by atoms with Crippen LogP contribution in [0.4, 0.5) is 5.82 Å². The lowest BCUT2D eigenvalue weighted by Gasteiger charge is -2.33. The van der Waals surface area contributed by atoms with Crippen molar-refractivity contribution in [1.29, 1.82) is 0 Å². The first-order chi connectivity index (χ1) is 12.6. The van der Waals surface area contributed by atoms with E-state index in [1.807, 2.05) is 30.5 Å². The summed E-state index contributed by atoms with van der Waals surface area (Å²) in [6, 6.07) is 8.01. The van der Waals surface area contributed by atoms with Gasteiger partial charge in [0.2, 0.25) is 0 Å². The highest BCUT2D eigenvalue weighted by atomic mass is 15.3. The summed E-state index contributed by atoms with van der Waals surface area (Å²) in [7, 11) is 6.17. The van der Waals surface area contributed by atoms with Gasteiger partial charge in [-0.3, -0.25) is 4.98 Å². The number of fused-ring (bicyclic) bond motifs is 1. The van der Waals surface area contributed by atoms with Crippen LogP contribution in [0, 0.1) is 0 Å². The average molecular weight is 351 g/mol. The van der Waals surface area contributed by atoms with Crippen LogP contribution in [0.15, 0.2) is 30.5 Å². The summed E-state index contributed by atoms with van der Waals surface area (Å²) in [6.45, 7) is 2.71. The van der Waals surface area contributed by atoms with Crippen molar-refractivity contribution in [3.05, 3.63) is 42.1 Å². The number of hydrogen-bond donors (Lipinski definition) is 0. The first-order valence-corrected chi connectivity index (χ1v) is 9.11. The maximum absolute atomic E-state index is 4.81. The summed E-state index contributed by atoms with van der Waals surface area (Å²) in [4.78, 5) is 13.8. The van der Waals surface area contributed by atoms with Crippen LogP contribution in [0.2, 0.25) is 0 Å². The van der Waals surface area contributed by atoms with E-state index in [1.165, 1.54) is 0 Å². The van der Waals surface area contributed by atoms with Crippen molar-refractivity contribution in [3.63, 3.8) is 0 Å². The Morgan fingerprint density at radius 2 is 1.96 bits per heavy atom. The van der Waals surface area contributed by atoms with Crippen molar-refractivity contribution in [2.45, 2.75) is 25.3 Å². The molecule has 0 aliphatic carbocycles. The molecule has 136 valence electrons. The second-order valence-corrected chi connectivity index (χ2v) is 7.27. The third-order valence-corrected chi connectivity index (χ3v) is 5.00. The van der Waals surface area contributed by atoms with E-state index in [9.17, 15) is 0 Å². The van der Waals surface area contributed by atoms with Crippen molar-refractivity contribution >= 4 is 16.9 Å². The van der Waals surface area contributed by atoms with Gasteiger partial charge in [0.05, 0.1) is 23.8 Å². The van der Waals surface area contributed by atoms with E-state index in [-0.39, 0.29) is 0 Å². The number of benzene rings is 1. The molecular formula is C19H25N7. The average Bonchev–Trinajstić information content (AvgIpc) is 3.01. The molecule has 1 fully saturated rings. The molecule has 4 rings (SSSR count). The highest BCUT2D eigenvalue weighted by Gasteiger charge is 2.27. The van der Waals surface area contributed by atoms with Gasteiger partial charge in [-0.05, 0) is 39.1 Å². The molecule has 0 amide bonds. The van der Waals surface area contributed by atoms with Crippen molar-refractivity contribution in [3.8, 4) is 0 Å². The zero-order valence-corrected chi connectivity index (χ0v) is 15.6. The molecule has 1 aromatic carbocycles. The van der Waals surface area contributed by atoms with Crippen molar-refractivity contribution in [1.82, 2.24) is 29.6 Å². The summed E-state index contributed by atoms with van der Waals surface area (Å²) in [5, 5.41) is 8.89. The van der Waals surface area contributed by atoms with E-state index in [1.54, 1.807) is 0 Å². The van der Waals surface area contributed by atoms with Crippen LogP contribution in [-0.4, -0.2) is 56.8 Å². The summed E-state index contributed by atoms with van der Waals surface area (Å²) in [6.07, 6.45) is 4.14. The monoisotopic (exact) mass is 351 g/mol. The van der Waals surface area contributed by atoms with Gasteiger partial charge in [-0.15, -0.1) is 10.2 Å². The Morgan fingerprint density at radius 3 is 2.77 bits per heavy atom. The molecule has 0 bridgehead atoms. The molecule has 0 N–H and O–H groups in total. The van der Waals surface area contributed by atoms with Gasteiger partial charge in [-0.2, -0.15) is 0 Å². The Bertz CT molecular complexity index is 902. The highest BCUT2D eigenvalue weighted by molar-refractivity contribution is 5.75. The largest absolute Gasteiger partial charge is 0.355 e. The van der Waals surface area contributed by atoms with Gasteiger partial charge in [0.1, 0.15) is 17.5 Å². The SMILES string of the molecule is CN(C)Cc1nnc([C@@H]2CCCN(c3cnc4ccccc4n3)C2)n1C. The van der Waals surface area contributed by atoms with Crippen LogP contribution in [0.1, 0.15) is 30.4 Å². The number of para-hydroxylation sites is 2. The smallest absolute Gasteiger partial charge is 0.147 e. The van der Waals surface area contributed by atoms with E-state index in [4.69, 9.17) is 4.98 Å². The molecule has 0 saturated carbocycles. The molecule has 7 nitrogen and oxygen atoms in total. The van der Waals surface area contributed by atoms with Crippen LogP contribution in [0.3, 0.4) is 0 Å². The first kappa shape index (κ1) is 16.9. The summed E-state index contributed by atoms with van der Waals surface area (Å²) in [5.74, 6) is 3.39. The van der Waals surface area contributed by atoms with Gasteiger partial charge < -0.3 is 14.4 Å². The topological polar surface area (TPSA) is 63.0 Å². The Labute approximate surface area is 153 Å². The molecule has 7 heteroatoms. The summed E-state index contributed by atoms with van der Waals surface area (Å²) >= 11 is 0. The molecule has 2 aromatic heterocycles. The lowest BCUT2D eigenvalue weighted by molar-refractivity contribution is 0.382. The van der Waals surface area contributed by atoms with Crippen molar-refractivity contribution < 1.29 is 0 Å². The normalized spacial score (nSPS) is 18.0. The third-order valence-electron chi connectivity index (χ3n) is 5.00. The van der Waals surface area contributed by atoms with E-state index in [0.29, 0.717) is 5.92 Å². The van der Waals surface area contributed by atoms with Crippen LogP contribution >= 0.6 is 0 Å². The predicted octanol–water partition coefficient (Wildman–Crippen LogP) is 2.20. The lowest BCUT2D eigenvalue weighted by Crippen LogP contribution is -2.36. The Kier molecular flexibility index (Phi) is 4.55. The minimum Gasteiger partial charge on any atom is -0.355 e. The zero-order valence-electron chi connectivity index (χ0n) is 15.6. The van der Waals surface area contributed by atoms with Crippen molar-refractivity contribution in [2.24, 2.45) is 7.05 Å². The van der Waals surface area contributed by atoms with Gasteiger partial charge in [0.15, 0.2) is 0 Å².